The van der Waals surface area contributed by atoms with Gasteiger partial charge in [0.1, 0.15) is 16.6 Å². The lowest BCUT2D eigenvalue weighted by atomic mass is 10.2. The van der Waals surface area contributed by atoms with Gasteiger partial charge in [-0.2, -0.15) is 5.26 Å². The van der Waals surface area contributed by atoms with Crippen LogP contribution in [0, 0.1) is 11.3 Å². The smallest absolute Gasteiger partial charge is 0.110 e. The van der Waals surface area contributed by atoms with E-state index in [0.29, 0.717) is 15.6 Å². The summed E-state index contributed by atoms with van der Waals surface area (Å²) in [6, 6.07) is 7.92. The van der Waals surface area contributed by atoms with E-state index in [2.05, 4.69) is 6.07 Å². The van der Waals surface area contributed by atoms with Crippen molar-refractivity contribution in [3.63, 3.8) is 0 Å². The first kappa shape index (κ1) is 10.5. The highest BCUT2D eigenvalue weighted by Gasteiger charge is 2.18. The Kier molecular flexibility index (Phi) is 2.09. The average molecular weight is 262 g/mol. The Morgan fingerprint density at radius 2 is 2.18 bits per heavy atom. The summed E-state index contributed by atoms with van der Waals surface area (Å²) in [6.07, 6.45) is 0. The van der Waals surface area contributed by atoms with Crippen LogP contribution in [-0.4, -0.2) is 4.57 Å². The van der Waals surface area contributed by atoms with Crippen LogP contribution in [0.4, 0.5) is 5.00 Å². The molecule has 3 aromatic rings. The van der Waals surface area contributed by atoms with E-state index < -0.39 is 0 Å². The highest BCUT2D eigenvalue weighted by atomic mass is 35.5. The van der Waals surface area contributed by atoms with E-state index in [9.17, 15) is 0 Å². The molecule has 0 atom stereocenters. The van der Waals surface area contributed by atoms with Gasteiger partial charge in [0.2, 0.25) is 0 Å². The number of halogens is 1. The van der Waals surface area contributed by atoms with Crippen LogP contribution in [0.1, 0.15) is 5.56 Å². The number of nitrogen functional groups attached to an aromatic ring is 1. The minimum absolute atomic E-state index is 0.541. The first-order valence-electron chi connectivity index (χ1n) is 5.00. The zero-order valence-electron chi connectivity index (χ0n) is 8.99. The number of rotatable bonds is 0. The first-order valence-corrected chi connectivity index (χ1v) is 6.19. The number of para-hydroxylation sites is 1. The molecule has 3 rings (SSSR count). The fourth-order valence-corrected chi connectivity index (χ4v) is 3.58. The highest BCUT2D eigenvalue weighted by Crippen LogP contribution is 2.41. The predicted octanol–water partition coefficient (Wildman–Crippen LogP) is 3.50. The number of hydrogen-bond donors (Lipinski definition) is 1. The summed E-state index contributed by atoms with van der Waals surface area (Å²) in [5, 5.41) is 11.5. The number of thiophene rings is 1. The molecule has 0 radical (unpaired) electrons. The molecule has 0 spiro atoms. The van der Waals surface area contributed by atoms with Gasteiger partial charge in [-0.05, 0) is 6.07 Å². The number of benzene rings is 1. The van der Waals surface area contributed by atoms with Gasteiger partial charge in [-0.3, -0.25) is 0 Å². The Hall–Kier alpha value is -1.70. The van der Waals surface area contributed by atoms with E-state index in [4.69, 9.17) is 22.6 Å². The number of hydrogen-bond acceptors (Lipinski definition) is 3. The minimum atomic E-state index is 0.541. The molecule has 0 saturated carbocycles. The highest BCUT2D eigenvalue weighted by molar-refractivity contribution is 7.24. The van der Waals surface area contributed by atoms with Gasteiger partial charge in [-0.15, -0.1) is 11.3 Å². The summed E-state index contributed by atoms with van der Waals surface area (Å²) < 4.78 is 2.97. The van der Waals surface area contributed by atoms with Gasteiger partial charge in [0, 0.05) is 12.4 Å². The molecule has 84 valence electrons. The number of aromatic nitrogens is 1. The summed E-state index contributed by atoms with van der Waals surface area (Å²) in [4.78, 5) is 0. The molecule has 5 heteroatoms. The van der Waals surface area contributed by atoms with Gasteiger partial charge < -0.3 is 10.3 Å². The van der Waals surface area contributed by atoms with Gasteiger partial charge in [0.05, 0.1) is 20.8 Å². The Balaban J connectivity index is 2.67. The van der Waals surface area contributed by atoms with Crippen molar-refractivity contribution in [1.29, 1.82) is 5.26 Å². The van der Waals surface area contributed by atoms with Crippen molar-refractivity contribution < 1.29 is 0 Å². The maximum Gasteiger partial charge on any atom is 0.110 e. The Morgan fingerprint density at radius 1 is 1.41 bits per heavy atom. The summed E-state index contributed by atoms with van der Waals surface area (Å²) >= 11 is 7.63. The van der Waals surface area contributed by atoms with Crippen LogP contribution in [0.3, 0.4) is 0 Å². The molecular weight excluding hydrogens is 254 g/mol. The molecule has 2 N–H and O–H groups in total. The monoisotopic (exact) mass is 261 g/mol. The molecular formula is C12H8ClN3S. The van der Waals surface area contributed by atoms with E-state index in [0.717, 1.165) is 21.1 Å². The second-order valence-electron chi connectivity index (χ2n) is 3.83. The van der Waals surface area contributed by atoms with Gasteiger partial charge >= 0.3 is 0 Å². The van der Waals surface area contributed by atoms with Crippen molar-refractivity contribution in [3.8, 4) is 6.07 Å². The van der Waals surface area contributed by atoms with Gasteiger partial charge in [-0.1, -0.05) is 23.7 Å². The molecule has 3 nitrogen and oxygen atoms in total. The quantitative estimate of drug-likeness (QED) is 0.673. The summed E-state index contributed by atoms with van der Waals surface area (Å²) in [5.74, 6) is 0. The second-order valence-corrected chi connectivity index (χ2v) is 5.29. The number of aryl methyl sites for hydroxylation is 1. The molecule has 0 amide bonds. The van der Waals surface area contributed by atoms with Crippen molar-refractivity contribution in [3.05, 3.63) is 28.8 Å². The molecule has 0 saturated heterocycles. The number of anilines is 1. The molecule has 17 heavy (non-hydrogen) atoms. The van der Waals surface area contributed by atoms with Crippen LogP contribution in [0.5, 0.6) is 0 Å². The number of nitrogens with two attached hydrogens (primary N) is 1. The average Bonchev–Trinajstić information content (AvgIpc) is 2.76. The fraction of sp³-hybridized carbons (Fsp3) is 0.0833. The van der Waals surface area contributed by atoms with Crippen LogP contribution in [0.2, 0.25) is 5.02 Å². The van der Waals surface area contributed by atoms with E-state index in [1.165, 1.54) is 11.3 Å². The molecule has 0 fully saturated rings. The van der Waals surface area contributed by atoms with Crippen LogP contribution in [-0.2, 0) is 7.05 Å². The lowest BCUT2D eigenvalue weighted by Gasteiger charge is -2.00. The molecule has 2 heterocycles. The number of nitrogens with zero attached hydrogens (tertiary/aromatic N) is 2. The number of nitriles is 1. The van der Waals surface area contributed by atoms with Crippen LogP contribution >= 0.6 is 22.9 Å². The lowest BCUT2D eigenvalue weighted by Crippen LogP contribution is -1.91. The normalized spacial score (nSPS) is 11.1. The van der Waals surface area contributed by atoms with Crippen LogP contribution in [0.25, 0.3) is 21.1 Å². The number of fused-ring (bicyclic) bond motifs is 3. The summed E-state index contributed by atoms with van der Waals surface area (Å²) in [5.41, 5.74) is 8.22. The molecule has 2 aromatic heterocycles. The van der Waals surface area contributed by atoms with Crippen molar-refractivity contribution in [2.75, 3.05) is 5.73 Å². The molecule has 0 aliphatic carbocycles. The minimum Gasteiger partial charge on any atom is -0.389 e. The maximum atomic E-state index is 9.15. The third-order valence-electron chi connectivity index (χ3n) is 2.92. The zero-order valence-corrected chi connectivity index (χ0v) is 10.6. The Morgan fingerprint density at radius 3 is 2.88 bits per heavy atom. The second kappa shape index (κ2) is 3.39. The maximum absolute atomic E-state index is 9.15. The lowest BCUT2D eigenvalue weighted by molar-refractivity contribution is 1.01. The van der Waals surface area contributed by atoms with Crippen molar-refractivity contribution in [1.82, 2.24) is 4.57 Å². The zero-order chi connectivity index (χ0) is 12.2. The molecule has 1 aromatic carbocycles. The van der Waals surface area contributed by atoms with Gasteiger partial charge in [-0.25, -0.2) is 0 Å². The molecule has 0 bridgehead atoms. The van der Waals surface area contributed by atoms with Gasteiger partial charge in [0.15, 0.2) is 0 Å². The predicted molar refractivity (Wildman–Crippen MR) is 72.4 cm³/mol. The summed E-state index contributed by atoms with van der Waals surface area (Å²) in [6.45, 7) is 0. The third kappa shape index (κ3) is 1.21. The largest absolute Gasteiger partial charge is 0.389 e. The van der Waals surface area contributed by atoms with E-state index in [1.807, 2.05) is 29.8 Å². The van der Waals surface area contributed by atoms with Gasteiger partial charge in [0.25, 0.3) is 0 Å². The Labute approximate surface area is 107 Å². The topological polar surface area (TPSA) is 54.7 Å². The third-order valence-corrected chi connectivity index (χ3v) is 4.27. The fourth-order valence-electron chi connectivity index (χ4n) is 2.20. The molecule has 0 aliphatic heterocycles. The Bertz CT molecular complexity index is 792. The van der Waals surface area contributed by atoms with E-state index >= 15 is 0 Å². The van der Waals surface area contributed by atoms with Crippen LogP contribution < -0.4 is 5.73 Å². The van der Waals surface area contributed by atoms with E-state index in [1.54, 1.807) is 0 Å². The van der Waals surface area contributed by atoms with Crippen molar-refractivity contribution in [2.45, 2.75) is 0 Å². The van der Waals surface area contributed by atoms with E-state index in [-0.39, 0.29) is 0 Å². The standard InChI is InChI=1S/C12H8ClN3S/c1-16-9-6(3-2-4-8(9)13)11-10(16)7(5-14)12(15)17-11/h2-4H,15H2,1H3. The summed E-state index contributed by atoms with van der Waals surface area (Å²) in [7, 11) is 1.91. The van der Waals surface area contributed by atoms with Crippen molar-refractivity contribution in [2.24, 2.45) is 7.05 Å². The SMILES string of the molecule is Cn1c2c(Cl)cccc2c2sc(N)c(C#N)c21. The molecule has 0 aliphatic rings. The van der Waals surface area contributed by atoms with Crippen LogP contribution in [0.15, 0.2) is 18.2 Å². The van der Waals surface area contributed by atoms with Crippen molar-refractivity contribution >= 4 is 49.1 Å². The molecule has 0 unspecified atom stereocenters. The first-order chi connectivity index (χ1) is 8.15.